The van der Waals surface area contributed by atoms with Gasteiger partial charge in [-0.1, -0.05) is 0 Å². The Morgan fingerprint density at radius 3 is 2.50 bits per heavy atom. The van der Waals surface area contributed by atoms with Crippen LogP contribution in [0.1, 0.15) is 2.74 Å². The number of halogens is 1. The van der Waals surface area contributed by atoms with Crippen molar-refractivity contribution < 1.29 is 12.1 Å². The summed E-state index contributed by atoms with van der Waals surface area (Å²) in [6.07, 6.45) is 0. The Kier molecular flexibility index (Phi) is 1.06. The molecule has 0 unspecified atom stereocenters. The molecule has 1 aromatic rings. The van der Waals surface area contributed by atoms with Crippen LogP contribution in [0.4, 0.5) is 10.1 Å². The third kappa shape index (κ3) is 1.28. The molecular formula is C6H4FNO2. The summed E-state index contributed by atoms with van der Waals surface area (Å²) in [4.78, 5) is 9.36. The van der Waals surface area contributed by atoms with Gasteiger partial charge in [-0.05, 0) is 12.1 Å². The predicted molar refractivity (Wildman–Crippen MR) is 33.1 cm³/mol. The van der Waals surface area contributed by atoms with Crippen molar-refractivity contribution in [3.63, 3.8) is 0 Å². The summed E-state index contributed by atoms with van der Waals surface area (Å²) in [5, 5.41) is 10.1. The van der Waals surface area contributed by atoms with Gasteiger partial charge in [-0.3, -0.25) is 10.1 Å². The van der Waals surface area contributed by atoms with Crippen LogP contribution in [0.2, 0.25) is 0 Å². The Bertz CT molecular complexity index is 319. The molecule has 3 nitrogen and oxygen atoms in total. The average molecular weight is 143 g/mol. The third-order valence-corrected chi connectivity index (χ3v) is 0.904. The Morgan fingerprint density at radius 2 is 2.10 bits per heavy atom. The average Bonchev–Trinajstić information content (AvgIpc) is 1.99. The maximum atomic E-state index is 12.6. The molecule has 10 heavy (non-hydrogen) atoms. The monoisotopic (exact) mass is 143 g/mol. The van der Waals surface area contributed by atoms with Gasteiger partial charge in [0.2, 0.25) is 0 Å². The normalized spacial score (nSPS) is 12.1. The quantitative estimate of drug-likeness (QED) is 0.443. The fourth-order valence-electron chi connectivity index (χ4n) is 0.463. The van der Waals surface area contributed by atoms with Crippen molar-refractivity contribution in [1.29, 1.82) is 0 Å². The minimum atomic E-state index is -1.04. The zero-order chi connectivity index (χ0) is 9.30. The van der Waals surface area contributed by atoms with E-state index in [1.54, 1.807) is 0 Å². The van der Waals surface area contributed by atoms with Crippen molar-refractivity contribution in [2.75, 3.05) is 0 Å². The second-order valence-electron chi connectivity index (χ2n) is 1.57. The molecule has 1 aromatic carbocycles. The lowest BCUT2D eigenvalue weighted by Crippen LogP contribution is -1.86. The number of nitrogens with zero attached hydrogens (tertiary/aromatic N) is 1. The Hall–Kier alpha value is -1.45. The van der Waals surface area contributed by atoms with Gasteiger partial charge >= 0.3 is 0 Å². The molecular weight excluding hydrogens is 137 g/mol. The first kappa shape index (κ1) is 4.38. The van der Waals surface area contributed by atoms with Crippen LogP contribution in [0.5, 0.6) is 0 Å². The fourth-order valence-corrected chi connectivity index (χ4v) is 0.463. The molecule has 0 heterocycles. The first-order valence-corrected chi connectivity index (χ1v) is 2.43. The highest BCUT2D eigenvalue weighted by Crippen LogP contribution is 2.09. The maximum absolute atomic E-state index is 12.6. The van der Waals surface area contributed by atoms with Gasteiger partial charge < -0.3 is 0 Å². The summed E-state index contributed by atoms with van der Waals surface area (Å²) in [5.41, 5.74) is -0.439. The van der Waals surface area contributed by atoms with Gasteiger partial charge in [-0.25, -0.2) is 4.39 Å². The summed E-state index contributed by atoms with van der Waals surface area (Å²) < 4.78 is 26.4. The smallest absolute Gasteiger partial charge is 0.258 e. The fraction of sp³-hybridized carbons (Fsp3) is 0. The van der Waals surface area contributed by atoms with E-state index in [1.165, 1.54) is 0 Å². The van der Waals surface area contributed by atoms with Gasteiger partial charge in [-0.15, -0.1) is 0 Å². The molecule has 0 radical (unpaired) electrons. The number of non-ortho nitro benzene ring substituents is 1. The number of benzene rings is 1. The molecule has 52 valence electrons. The lowest BCUT2D eigenvalue weighted by Gasteiger charge is -1.87. The van der Waals surface area contributed by atoms with E-state index in [9.17, 15) is 14.5 Å². The van der Waals surface area contributed by atoms with Crippen LogP contribution in [0.3, 0.4) is 0 Å². The molecule has 0 aliphatic rings. The number of nitro groups is 1. The molecule has 0 saturated carbocycles. The molecule has 0 N–H and O–H groups in total. The summed E-state index contributed by atoms with van der Waals surface area (Å²) in [6, 6.07) is 0.282. The molecule has 0 atom stereocenters. The standard InChI is InChI=1S/C6H4FNO2/c7-5-1-3-6(4-2-5)8(9)10/h1-4H/i1D,2D. The van der Waals surface area contributed by atoms with Crippen LogP contribution in [-0.4, -0.2) is 4.92 Å². The Balaban J connectivity index is 3.31. The van der Waals surface area contributed by atoms with E-state index in [0.29, 0.717) is 0 Å². The van der Waals surface area contributed by atoms with Gasteiger partial charge in [0.1, 0.15) is 5.82 Å². The lowest BCUT2D eigenvalue weighted by atomic mass is 10.3. The van der Waals surface area contributed by atoms with Gasteiger partial charge in [0.05, 0.1) is 7.66 Å². The number of rotatable bonds is 1. The van der Waals surface area contributed by atoms with Crippen molar-refractivity contribution in [2.24, 2.45) is 0 Å². The topological polar surface area (TPSA) is 43.1 Å². The summed E-state index contributed by atoms with van der Waals surface area (Å²) >= 11 is 0. The number of hydrogen-bond donors (Lipinski definition) is 0. The predicted octanol–water partition coefficient (Wildman–Crippen LogP) is 1.73. The second-order valence-corrected chi connectivity index (χ2v) is 1.57. The van der Waals surface area contributed by atoms with E-state index < -0.39 is 28.5 Å². The van der Waals surface area contributed by atoms with E-state index >= 15 is 0 Å². The first-order valence-electron chi connectivity index (χ1n) is 3.43. The van der Waals surface area contributed by atoms with E-state index in [0.717, 1.165) is 12.1 Å². The van der Waals surface area contributed by atoms with Crippen molar-refractivity contribution >= 4 is 5.69 Å². The Morgan fingerprint density at radius 1 is 1.60 bits per heavy atom. The van der Waals surface area contributed by atoms with Crippen molar-refractivity contribution in [3.05, 3.63) is 40.1 Å². The van der Waals surface area contributed by atoms with E-state index in [1.807, 2.05) is 0 Å². The summed E-state index contributed by atoms with van der Waals surface area (Å²) in [7, 11) is 0. The highest BCUT2D eigenvalue weighted by Gasteiger charge is 2.01. The molecule has 0 aromatic heterocycles. The molecule has 0 aliphatic heterocycles. The second kappa shape index (κ2) is 2.43. The van der Waals surface area contributed by atoms with E-state index in [2.05, 4.69) is 0 Å². The zero-order valence-corrected chi connectivity index (χ0v) is 4.80. The van der Waals surface area contributed by atoms with Crippen molar-refractivity contribution in [1.82, 2.24) is 0 Å². The van der Waals surface area contributed by atoms with Crippen molar-refractivity contribution in [2.45, 2.75) is 0 Å². The molecule has 0 amide bonds. The molecule has 4 heteroatoms. The van der Waals surface area contributed by atoms with E-state index in [4.69, 9.17) is 2.74 Å². The minimum absolute atomic E-state index is 0.439. The molecule has 0 saturated heterocycles. The van der Waals surface area contributed by atoms with Gasteiger partial charge in [0.15, 0.2) is 0 Å². The number of hydrogen-bond acceptors (Lipinski definition) is 2. The third-order valence-electron chi connectivity index (χ3n) is 0.904. The van der Waals surface area contributed by atoms with Crippen molar-refractivity contribution in [3.8, 4) is 0 Å². The van der Waals surface area contributed by atoms with Crippen LogP contribution in [0.25, 0.3) is 0 Å². The van der Waals surface area contributed by atoms with Crippen LogP contribution in [-0.2, 0) is 0 Å². The van der Waals surface area contributed by atoms with Gasteiger partial charge in [-0.2, -0.15) is 0 Å². The Labute approximate surface area is 59.1 Å². The number of nitro benzene ring substituents is 1. The zero-order valence-electron chi connectivity index (χ0n) is 6.80. The molecule has 0 bridgehead atoms. The van der Waals surface area contributed by atoms with Crippen LogP contribution >= 0.6 is 0 Å². The van der Waals surface area contributed by atoms with Gasteiger partial charge in [0.25, 0.3) is 5.69 Å². The first-order chi connectivity index (χ1) is 5.52. The molecule has 0 fully saturated rings. The SMILES string of the molecule is [2H]c1cc([N+](=O)[O-])cc([2H])c1F. The van der Waals surface area contributed by atoms with Crippen LogP contribution in [0, 0.1) is 15.9 Å². The summed E-state index contributed by atoms with van der Waals surface area (Å²) in [6.45, 7) is 0. The lowest BCUT2D eigenvalue weighted by molar-refractivity contribution is -0.384. The highest BCUT2D eigenvalue weighted by molar-refractivity contribution is 5.28. The largest absolute Gasteiger partial charge is 0.269 e. The van der Waals surface area contributed by atoms with Crippen LogP contribution in [0.15, 0.2) is 24.2 Å². The maximum Gasteiger partial charge on any atom is 0.269 e. The molecule has 1 rings (SSSR count). The minimum Gasteiger partial charge on any atom is -0.258 e. The molecule has 0 spiro atoms. The van der Waals surface area contributed by atoms with Crippen LogP contribution < -0.4 is 0 Å². The van der Waals surface area contributed by atoms with E-state index in [-0.39, 0.29) is 0 Å². The van der Waals surface area contributed by atoms with Gasteiger partial charge in [0, 0.05) is 12.1 Å². The molecule has 0 aliphatic carbocycles. The summed E-state index contributed by atoms with van der Waals surface area (Å²) in [5.74, 6) is -1.04. The highest BCUT2D eigenvalue weighted by atomic mass is 19.1.